The van der Waals surface area contributed by atoms with Crippen molar-refractivity contribution in [2.24, 2.45) is 4.99 Å². The van der Waals surface area contributed by atoms with Gasteiger partial charge < -0.3 is 20.3 Å². The van der Waals surface area contributed by atoms with Gasteiger partial charge in [0.1, 0.15) is 5.75 Å². The normalized spacial score (nSPS) is 17.3. The summed E-state index contributed by atoms with van der Waals surface area (Å²) >= 11 is 0. The summed E-state index contributed by atoms with van der Waals surface area (Å²) in [5.74, 6) is 1.75. The SMILES string of the molecule is CN=C(NCc1cccc(OC)c1)NC1CCN(C(C)C)CC1. The molecule has 0 amide bonds. The van der Waals surface area contributed by atoms with Crippen molar-refractivity contribution in [3.63, 3.8) is 0 Å². The lowest BCUT2D eigenvalue weighted by molar-refractivity contribution is 0.167. The van der Waals surface area contributed by atoms with Crippen LogP contribution in [0.4, 0.5) is 0 Å². The fourth-order valence-electron chi connectivity index (χ4n) is 2.92. The lowest BCUT2D eigenvalue weighted by Gasteiger charge is -2.35. The molecule has 0 saturated carbocycles. The van der Waals surface area contributed by atoms with Crippen LogP contribution >= 0.6 is 0 Å². The third kappa shape index (κ3) is 5.43. The van der Waals surface area contributed by atoms with Gasteiger partial charge in [-0.05, 0) is 44.4 Å². The molecule has 0 spiro atoms. The van der Waals surface area contributed by atoms with Gasteiger partial charge in [0.15, 0.2) is 5.96 Å². The largest absolute Gasteiger partial charge is 0.497 e. The van der Waals surface area contributed by atoms with E-state index in [-0.39, 0.29) is 0 Å². The molecule has 0 unspecified atom stereocenters. The fraction of sp³-hybridized carbons (Fsp3) is 0.611. The van der Waals surface area contributed by atoms with Crippen LogP contribution in [0.25, 0.3) is 0 Å². The van der Waals surface area contributed by atoms with E-state index in [9.17, 15) is 0 Å². The number of piperidine rings is 1. The highest BCUT2D eigenvalue weighted by molar-refractivity contribution is 5.79. The molecule has 23 heavy (non-hydrogen) atoms. The first kappa shape index (κ1) is 17.6. The molecular weight excluding hydrogens is 288 g/mol. The number of nitrogens with zero attached hydrogens (tertiary/aromatic N) is 2. The Kier molecular flexibility index (Phi) is 6.71. The second-order valence-corrected chi connectivity index (χ2v) is 6.33. The predicted molar refractivity (Wildman–Crippen MR) is 96.1 cm³/mol. The second kappa shape index (κ2) is 8.77. The molecule has 1 aromatic carbocycles. The van der Waals surface area contributed by atoms with Crippen molar-refractivity contribution in [1.82, 2.24) is 15.5 Å². The standard InChI is InChI=1S/C18H30N4O/c1-14(2)22-10-8-16(9-11-22)21-18(19-3)20-13-15-6-5-7-17(12-15)23-4/h5-7,12,14,16H,8-11,13H2,1-4H3,(H2,19,20,21). The number of methoxy groups -OCH3 is 1. The lowest BCUT2D eigenvalue weighted by atomic mass is 10.0. The van der Waals surface area contributed by atoms with Crippen LogP contribution in [-0.4, -0.2) is 50.2 Å². The highest BCUT2D eigenvalue weighted by Crippen LogP contribution is 2.14. The van der Waals surface area contributed by atoms with Crippen molar-refractivity contribution in [3.8, 4) is 5.75 Å². The van der Waals surface area contributed by atoms with E-state index in [0.29, 0.717) is 12.1 Å². The smallest absolute Gasteiger partial charge is 0.191 e. The van der Waals surface area contributed by atoms with E-state index in [1.807, 2.05) is 25.2 Å². The van der Waals surface area contributed by atoms with Crippen LogP contribution in [-0.2, 0) is 6.54 Å². The predicted octanol–water partition coefficient (Wildman–Crippen LogP) is 2.23. The Morgan fingerprint density at radius 3 is 2.70 bits per heavy atom. The molecule has 2 rings (SSSR count). The molecule has 0 aromatic heterocycles. The monoisotopic (exact) mass is 318 g/mol. The summed E-state index contributed by atoms with van der Waals surface area (Å²) < 4.78 is 5.26. The highest BCUT2D eigenvalue weighted by atomic mass is 16.5. The van der Waals surface area contributed by atoms with Crippen LogP contribution in [0.3, 0.4) is 0 Å². The van der Waals surface area contributed by atoms with Crippen LogP contribution in [0.1, 0.15) is 32.3 Å². The zero-order valence-corrected chi connectivity index (χ0v) is 14.8. The van der Waals surface area contributed by atoms with Crippen molar-refractivity contribution in [1.29, 1.82) is 0 Å². The van der Waals surface area contributed by atoms with E-state index in [1.165, 1.54) is 5.56 Å². The first-order valence-corrected chi connectivity index (χ1v) is 8.46. The van der Waals surface area contributed by atoms with E-state index in [4.69, 9.17) is 4.74 Å². The molecule has 5 heteroatoms. The average molecular weight is 318 g/mol. The van der Waals surface area contributed by atoms with E-state index in [1.54, 1.807) is 7.11 Å². The lowest BCUT2D eigenvalue weighted by Crippen LogP contribution is -2.49. The average Bonchev–Trinajstić information content (AvgIpc) is 2.59. The Morgan fingerprint density at radius 1 is 1.35 bits per heavy atom. The van der Waals surface area contributed by atoms with Crippen LogP contribution in [0.15, 0.2) is 29.3 Å². The van der Waals surface area contributed by atoms with Crippen LogP contribution in [0.5, 0.6) is 5.75 Å². The number of ether oxygens (including phenoxy) is 1. The maximum atomic E-state index is 5.26. The van der Waals surface area contributed by atoms with E-state index >= 15 is 0 Å². The molecular formula is C18H30N4O. The van der Waals surface area contributed by atoms with Gasteiger partial charge in [0, 0.05) is 38.8 Å². The van der Waals surface area contributed by atoms with E-state index in [0.717, 1.165) is 44.2 Å². The summed E-state index contributed by atoms with van der Waals surface area (Å²) in [5, 5.41) is 6.93. The molecule has 1 aliphatic heterocycles. The Morgan fingerprint density at radius 2 is 2.09 bits per heavy atom. The Labute approximate surface area is 140 Å². The van der Waals surface area contributed by atoms with Crippen molar-refractivity contribution >= 4 is 5.96 Å². The number of guanidine groups is 1. The van der Waals surface area contributed by atoms with E-state index < -0.39 is 0 Å². The second-order valence-electron chi connectivity index (χ2n) is 6.33. The van der Waals surface area contributed by atoms with Gasteiger partial charge in [-0.25, -0.2) is 0 Å². The first-order valence-electron chi connectivity index (χ1n) is 8.46. The van der Waals surface area contributed by atoms with Crippen molar-refractivity contribution < 1.29 is 4.74 Å². The molecule has 128 valence electrons. The summed E-state index contributed by atoms with van der Waals surface area (Å²) in [5.41, 5.74) is 1.18. The van der Waals surface area contributed by atoms with Crippen molar-refractivity contribution in [2.45, 2.75) is 45.3 Å². The van der Waals surface area contributed by atoms with Gasteiger partial charge in [-0.3, -0.25) is 4.99 Å². The van der Waals surface area contributed by atoms with Gasteiger partial charge in [0.25, 0.3) is 0 Å². The number of hydrogen-bond donors (Lipinski definition) is 2. The molecule has 2 N–H and O–H groups in total. The molecule has 0 radical (unpaired) electrons. The van der Waals surface area contributed by atoms with Gasteiger partial charge in [0.05, 0.1) is 7.11 Å². The summed E-state index contributed by atoms with van der Waals surface area (Å²) in [6.07, 6.45) is 2.33. The minimum Gasteiger partial charge on any atom is -0.497 e. The maximum absolute atomic E-state index is 5.26. The molecule has 5 nitrogen and oxygen atoms in total. The third-order valence-electron chi connectivity index (χ3n) is 4.42. The number of hydrogen-bond acceptors (Lipinski definition) is 3. The van der Waals surface area contributed by atoms with Crippen molar-refractivity contribution in [2.75, 3.05) is 27.2 Å². The van der Waals surface area contributed by atoms with Gasteiger partial charge in [-0.15, -0.1) is 0 Å². The number of benzene rings is 1. The summed E-state index contributed by atoms with van der Waals surface area (Å²) in [7, 11) is 3.51. The molecule has 0 aliphatic carbocycles. The van der Waals surface area contributed by atoms with Crippen LogP contribution in [0.2, 0.25) is 0 Å². The number of nitrogens with one attached hydrogen (secondary N) is 2. The van der Waals surface area contributed by atoms with Gasteiger partial charge in [-0.1, -0.05) is 12.1 Å². The molecule has 1 saturated heterocycles. The Hall–Kier alpha value is -1.75. The third-order valence-corrected chi connectivity index (χ3v) is 4.42. The van der Waals surface area contributed by atoms with Gasteiger partial charge in [0.2, 0.25) is 0 Å². The Bertz CT molecular complexity index is 507. The summed E-state index contributed by atoms with van der Waals surface area (Å²) in [6.45, 7) is 7.58. The summed E-state index contributed by atoms with van der Waals surface area (Å²) in [6, 6.07) is 9.24. The molecule has 1 fully saturated rings. The number of aliphatic imine (C=N–C) groups is 1. The molecule has 1 aliphatic rings. The Balaban J connectivity index is 1.80. The molecule has 1 aromatic rings. The zero-order valence-electron chi connectivity index (χ0n) is 14.8. The topological polar surface area (TPSA) is 48.9 Å². The molecule has 0 bridgehead atoms. The number of likely N-dealkylation sites (tertiary alicyclic amines) is 1. The minimum absolute atomic E-state index is 0.501. The zero-order chi connectivity index (χ0) is 16.7. The summed E-state index contributed by atoms with van der Waals surface area (Å²) in [4.78, 5) is 6.88. The highest BCUT2D eigenvalue weighted by Gasteiger charge is 2.21. The first-order chi connectivity index (χ1) is 11.1. The maximum Gasteiger partial charge on any atom is 0.191 e. The van der Waals surface area contributed by atoms with Gasteiger partial charge >= 0.3 is 0 Å². The minimum atomic E-state index is 0.501. The van der Waals surface area contributed by atoms with Gasteiger partial charge in [-0.2, -0.15) is 0 Å². The van der Waals surface area contributed by atoms with Crippen molar-refractivity contribution in [3.05, 3.63) is 29.8 Å². The van der Waals surface area contributed by atoms with E-state index in [2.05, 4.69) is 40.4 Å². The van der Waals surface area contributed by atoms with Crippen LogP contribution in [0, 0.1) is 0 Å². The fourth-order valence-corrected chi connectivity index (χ4v) is 2.92. The molecule has 1 heterocycles. The number of rotatable bonds is 5. The van der Waals surface area contributed by atoms with Crippen LogP contribution < -0.4 is 15.4 Å². The molecule has 0 atom stereocenters. The quantitative estimate of drug-likeness (QED) is 0.646.